The van der Waals surface area contributed by atoms with Crippen molar-refractivity contribution in [2.24, 2.45) is 0 Å². The van der Waals surface area contributed by atoms with Gasteiger partial charge in [-0.2, -0.15) is 0 Å². The van der Waals surface area contributed by atoms with Crippen LogP contribution in [0.5, 0.6) is 0 Å². The highest BCUT2D eigenvalue weighted by Crippen LogP contribution is 2.22. The number of esters is 1. The SMILES string of the molecule is Cc1ccc(NC(=O)[C@@H](C)OC(=O)c2nc(-c3ccccc3)oc2C)cc1F. The van der Waals surface area contributed by atoms with E-state index in [1.807, 2.05) is 18.2 Å². The van der Waals surface area contributed by atoms with Gasteiger partial charge in [-0.3, -0.25) is 4.79 Å². The molecule has 0 fully saturated rings. The minimum Gasteiger partial charge on any atom is -0.448 e. The van der Waals surface area contributed by atoms with Crippen LogP contribution < -0.4 is 5.32 Å². The van der Waals surface area contributed by atoms with Crippen molar-refractivity contribution in [3.63, 3.8) is 0 Å². The van der Waals surface area contributed by atoms with E-state index in [0.29, 0.717) is 5.56 Å². The molecule has 0 aliphatic carbocycles. The first kappa shape index (κ1) is 19.3. The molecule has 1 aromatic heterocycles. The number of anilines is 1. The molecule has 1 atom stereocenters. The number of carbonyl (C=O) groups is 2. The maximum absolute atomic E-state index is 13.6. The monoisotopic (exact) mass is 382 g/mol. The van der Waals surface area contributed by atoms with Crippen LogP contribution in [0.3, 0.4) is 0 Å². The molecule has 0 aliphatic heterocycles. The van der Waals surface area contributed by atoms with Gasteiger partial charge in [-0.25, -0.2) is 14.2 Å². The highest BCUT2D eigenvalue weighted by molar-refractivity contribution is 5.97. The molecule has 0 spiro atoms. The molecule has 6 nitrogen and oxygen atoms in total. The Balaban J connectivity index is 1.67. The summed E-state index contributed by atoms with van der Waals surface area (Å²) < 4.78 is 24.3. The molecule has 0 bridgehead atoms. The van der Waals surface area contributed by atoms with Crippen molar-refractivity contribution in [2.75, 3.05) is 5.32 Å². The predicted molar refractivity (Wildman–Crippen MR) is 101 cm³/mol. The minimum absolute atomic E-state index is 0.000108. The summed E-state index contributed by atoms with van der Waals surface area (Å²) >= 11 is 0. The fourth-order valence-electron chi connectivity index (χ4n) is 2.47. The molecule has 144 valence electrons. The molecular weight excluding hydrogens is 363 g/mol. The Morgan fingerprint density at radius 1 is 1.14 bits per heavy atom. The van der Waals surface area contributed by atoms with Crippen LogP contribution in [-0.4, -0.2) is 23.0 Å². The molecule has 0 aliphatic rings. The molecule has 1 amide bonds. The van der Waals surface area contributed by atoms with Gasteiger partial charge in [0.05, 0.1) is 0 Å². The number of hydrogen-bond acceptors (Lipinski definition) is 5. The van der Waals surface area contributed by atoms with Gasteiger partial charge in [-0.15, -0.1) is 0 Å². The number of oxazole rings is 1. The Morgan fingerprint density at radius 3 is 2.54 bits per heavy atom. The number of aromatic nitrogens is 1. The van der Waals surface area contributed by atoms with E-state index < -0.39 is 23.8 Å². The molecule has 0 unspecified atom stereocenters. The Morgan fingerprint density at radius 2 is 1.86 bits per heavy atom. The van der Waals surface area contributed by atoms with Crippen LogP contribution in [0.4, 0.5) is 10.1 Å². The fourth-order valence-corrected chi connectivity index (χ4v) is 2.47. The Hall–Kier alpha value is -3.48. The van der Waals surface area contributed by atoms with Crippen LogP contribution in [0.1, 0.15) is 28.7 Å². The maximum atomic E-state index is 13.6. The summed E-state index contributed by atoms with van der Waals surface area (Å²) in [6.45, 7) is 4.64. The van der Waals surface area contributed by atoms with Crippen molar-refractivity contribution in [2.45, 2.75) is 26.9 Å². The van der Waals surface area contributed by atoms with Crippen LogP contribution in [0.15, 0.2) is 52.9 Å². The number of carbonyl (C=O) groups excluding carboxylic acids is 2. The number of halogens is 1. The summed E-state index contributed by atoms with van der Waals surface area (Å²) in [6.07, 6.45) is -1.10. The van der Waals surface area contributed by atoms with Crippen molar-refractivity contribution >= 4 is 17.6 Å². The lowest BCUT2D eigenvalue weighted by Crippen LogP contribution is -2.30. The normalized spacial score (nSPS) is 11.7. The smallest absolute Gasteiger partial charge is 0.361 e. The van der Waals surface area contributed by atoms with Crippen LogP contribution in [0.25, 0.3) is 11.5 Å². The Bertz CT molecular complexity index is 1010. The number of rotatable bonds is 5. The van der Waals surface area contributed by atoms with E-state index in [-0.39, 0.29) is 23.0 Å². The average molecular weight is 382 g/mol. The lowest BCUT2D eigenvalue weighted by atomic mass is 10.2. The lowest BCUT2D eigenvalue weighted by molar-refractivity contribution is -0.123. The highest BCUT2D eigenvalue weighted by Gasteiger charge is 2.24. The molecule has 3 aromatic rings. The second-order valence-corrected chi connectivity index (χ2v) is 6.29. The number of benzene rings is 2. The summed E-state index contributed by atoms with van der Waals surface area (Å²) in [5.74, 6) is -1.22. The number of nitrogens with one attached hydrogen (secondary N) is 1. The molecule has 7 heteroatoms. The first-order valence-corrected chi connectivity index (χ1v) is 8.66. The highest BCUT2D eigenvalue weighted by atomic mass is 19.1. The number of hydrogen-bond donors (Lipinski definition) is 1. The third-order valence-corrected chi connectivity index (χ3v) is 4.10. The molecule has 3 rings (SSSR count). The standard InChI is InChI=1S/C21H19FN2O4/c1-12-9-10-16(11-17(12)22)23-19(25)14(3)28-21(26)18-13(2)27-20(24-18)15-7-5-4-6-8-15/h4-11,14H,1-3H3,(H,23,25)/t14-/m1/s1. The maximum Gasteiger partial charge on any atom is 0.361 e. The van der Waals surface area contributed by atoms with E-state index in [2.05, 4.69) is 10.3 Å². The van der Waals surface area contributed by atoms with E-state index in [1.165, 1.54) is 13.0 Å². The summed E-state index contributed by atoms with van der Waals surface area (Å²) in [5.41, 5.74) is 1.46. The number of aryl methyl sites for hydroxylation is 2. The van der Waals surface area contributed by atoms with E-state index in [0.717, 1.165) is 5.56 Å². The summed E-state index contributed by atoms with van der Waals surface area (Å²) in [4.78, 5) is 28.8. The summed E-state index contributed by atoms with van der Waals surface area (Å²) in [7, 11) is 0. The second kappa shape index (κ2) is 8.04. The van der Waals surface area contributed by atoms with Gasteiger partial charge in [0, 0.05) is 11.3 Å². The summed E-state index contributed by atoms with van der Waals surface area (Å²) in [5, 5.41) is 2.51. The van der Waals surface area contributed by atoms with E-state index in [9.17, 15) is 14.0 Å². The van der Waals surface area contributed by atoms with E-state index in [4.69, 9.17) is 9.15 Å². The van der Waals surface area contributed by atoms with Gasteiger partial charge in [0.25, 0.3) is 5.91 Å². The van der Waals surface area contributed by atoms with Crippen molar-refractivity contribution < 1.29 is 23.1 Å². The fraction of sp³-hybridized carbons (Fsp3) is 0.190. The molecular formula is C21H19FN2O4. The van der Waals surface area contributed by atoms with Crippen molar-refractivity contribution in [3.05, 3.63) is 71.4 Å². The molecule has 0 saturated heterocycles. The van der Waals surface area contributed by atoms with Crippen molar-refractivity contribution in [1.82, 2.24) is 4.98 Å². The average Bonchev–Trinajstić information content (AvgIpc) is 3.07. The number of amides is 1. The van der Waals surface area contributed by atoms with Crippen LogP contribution in [0.2, 0.25) is 0 Å². The zero-order valence-electron chi connectivity index (χ0n) is 15.7. The Labute approximate surface area is 161 Å². The number of ether oxygens (including phenoxy) is 1. The molecule has 2 aromatic carbocycles. The largest absolute Gasteiger partial charge is 0.448 e. The zero-order valence-corrected chi connectivity index (χ0v) is 15.7. The van der Waals surface area contributed by atoms with Crippen LogP contribution in [-0.2, 0) is 9.53 Å². The first-order chi connectivity index (χ1) is 13.3. The zero-order chi connectivity index (χ0) is 20.3. The minimum atomic E-state index is -1.10. The van der Waals surface area contributed by atoms with Crippen molar-refractivity contribution in [3.8, 4) is 11.5 Å². The molecule has 1 heterocycles. The first-order valence-electron chi connectivity index (χ1n) is 8.66. The van der Waals surface area contributed by atoms with E-state index >= 15 is 0 Å². The topological polar surface area (TPSA) is 81.4 Å². The molecule has 1 N–H and O–H groups in total. The van der Waals surface area contributed by atoms with Gasteiger partial charge in [0.15, 0.2) is 11.8 Å². The predicted octanol–water partition coefficient (Wildman–Crippen LogP) is 4.28. The van der Waals surface area contributed by atoms with Gasteiger partial charge >= 0.3 is 5.97 Å². The van der Waals surface area contributed by atoms with E-state index in [1.54, 1.807) is 38.1 Å². The summed E-state index contributed by atoms with van der Waals surface area (Å²) in [6, 6.07) is 13.4. The van der Waals surface area contributed by atoms with Gasteiger partial charge in [0.2, 0.25) is 5.89 Å². The van der Waals surface area contributed by atoms with Crippen molar-refractivity contribution in [1.29, 1.82) is 0 Å². The van der Waals surface area contributed by atoms with Gasteiger partial charge in [-0.05, 0) is 50.6 Å². The lowest BCUT2D eigenvalue weighted by Gasteiger charge is -2.13. The third kappa shape index (κ3) is 4.25. The Kier molecular flexibility index (Phi) is 5.54. The molecule has 0 saturated carbocycles. The quantitative estimate of drug-likeness (QED) is 0.666. The van der Waals surface area contributed by atoms with Gasteiger partial charge in [0.1, 0.15) is 11.6 Å². The molecule has 28 heavy (non-hydrogen) atoms. The number of nitrogens with zero attached hydrogens (tertiary/aromatic N) is 1. The van der Waals surface area contributed by atoms with Crippen LogP contribution >= 0.6 is 0 Å². The van der Waals surface area contributed by atoms with Gasteiger partial charge in [-0.1, -0.05) is 24.3 Å². The molecule has 0 radical (unpaired) electrons. The third-order valence-electron chi connectivity index (χ3n) is 4.10. The van der Waals surface area contributed by atoms with Gasteiger partial charge < -0.3 is 14.5 Å². The second-order valence-electron chi connectivity index (χ2n) is 6.29. The van der Waals surface area contributed by atoms with Crippen LogP contribution in [0, 0.1) is 19.7 Å².